The van der Waals surface area contributed by atoms with Gasteiger partial charge in [0.2, 0.25) is 0 Å². The van der Waals surface area contributed by atoms with E-state index in [1.54, 1.807) is 0 Å². The van der Waals surface area contributed by atoms with E-state index in [-0.39, 0.29) is 8.37 Å². The minimum atomic E-state index is -6.00. The summed E-state index contributed by atoms with van der Waals surface area (Å²) in [6, 6.07) is 0. The second-order valence-electron chi connectivity index (χ2n) is 5.78. The van der Waals surface area contributed by atoms with Crippen molar-refractivity contribution in [2.75, 3.05) is 42.3 Å². The van der Waals surface area contributed by atoms with E-state index < -0.39 is 43.5 Å². The van der Waals surface area contributed by atoms with E-state index in [0.29, 0.717) is 0 Å². The molecule has 0 aliphatic heterocycles. The summed E-state index contributed by atoms with van der Waals surface area (Å²) in [6.45, 7) is 0. The molecule has 0 unspecified atom stereocenters. The van der Waals surface area contributed by atoms with Crippen LogP contribution in [0.15, 0.2) is 0 Å². The smallest absolute Gasteiger partial charge is 0.418 e. The first-order chi connectivity index (χ1) is 16.5. The zero-order chi connectivity index (χ0) is 35.3. The lowest BCUT2D eigenvalue weighted by Gasteiger charge is -2.34. The summed E-state index contributed by atoms with van der Waals surface area (Å²) < 4.78 is 241. The molecule has 0 bridgehead atoms. The lowest BCUT2D eigenvalue weighted by atomic mass is 10.3. The Bertz CT molecular complexity index is 392. The van der Waals surface area contributed by atoms with Gasteiger partial charge < -0.3 is 104 Å². The summed E-state index contributed by atoms with van der Waals surface area (Å²) >= 11 is 0. The zero-order valence-electron chi connectivity index (χ0n) is 20.3. The number of rotatable bonds is 3. The van der Waals surface area contributed by atoms with Crippen LogP contribution in [0.1, 0.15) is 0 Å². The number of hydrogen-bond acceptors (Lipinski definition) is 3. The maximum Gasteiger partial charge on any atom is 0.673 e. The fourth-order valence-corrected chi connectivity index (χ4v) is 3.22. The number of nitrogens with zero attached hydrogens (tertiary/aromatic N) is 3. The Morgan fingerprint density at radius 3 is 0.300 bits per heavy atom. The highest BCUT2D eigenvalue weighted by atomic mass is 31.2. The van der Waals surface area contributed by atoms with Crippen LogP contribution in [0.5, 0.6) is 0 Å². The van der Waals surface area contributed by atoms with Gasteiger partial charge in [0.05, 0.1) is 0 Å². The molecule has 0 spiro atoms. The maximum atomic E-state index is 9.75. The summed E-state index contributed by atoms with van der Waals surface area (Å²) in [5.41, 5.74) is 0. The van der Waals surface area contributed by atoms with Gasteiger partial charge in [-0.15, -0.1) is 0 Å². The molecule has 0 saturated heterocycles. The van der Waals surface area contributed by atoms with Crippen LogP contribution in [0, 0.1) is 0 Å². The lowest BCUT2D eigenvalue weighted by molar-refractivity contribution is 0.366. The predicted molar refractivity (Wildman–Crippen MR) is 109 cm³/mol. The number of hydrogen-bond donors (Lipinski definition) is 0. The average molecular weight is 684 g/mol. The fraction of sp³-hybridized carbons (Fsp3) is 1.00. The second kappa shape index (κ2) is 23.6. The SMILES string of the molecule is CN(C)P(N(C)C)N(C)C.F[B-](F)(F)F.F[B-](F)(F)F.F[B-](F)(F)F.F[B-](F)(F)F.F[B-](F)(F)F.F[B-](F)(F)F. The molecule has 0 radical (unpaired) electrons. The molecule has 0 heterocycles. The molecule has 0 aromatic heterocycles. The van der Waals surface area contributed by atoms with E-state index in [1.807, 2.05) is 0 Å². The molecular formula is C6H18B6F24N3P-6. The maximum absolute atomic E-state index is 9.75. The van der Waals surface area contributed by atoms with E-state index in [9.17, 15) is 104 Å². The Labute approximate surface area is 213 Å². The molecule has 0 rings (SSSR count). The molecule has 0 aromatic carbocycles. The highest BCUT2D eigenvalue weighted by Crippen LogP contribution is 2.40. The van der Waals surface area contributed by atoms with Crippen molar-refractivity contribution < 1.29 is 104 Å². The second-order valence-corrected chi connectivity index (χ2v) is 8.72. The van der Waals surface area contributed by atoms with Crippen molar-refractivity contribution in [1.82, 2.24) is 14.0 Å². The van der Waals surface area contributed by atoms with Gasteiger partial charge in [0.1, 0.15) is 8.37 Å². The van der Waals surface area contributed by atoms with Crippen LogP contribution in [0.4, 0.5) is 104 Å². The molecule has 0 aromatic rings. The van der Waals surface area contributed by atoms with Crippen LogP contribution >= 0.6 is 8.37 Å². The van der Waals surface area contributed by atoms with Gasteiger partial charge in [0, 0.05) is 0 Å². The average Bonchev–Trinajstić information content (AvgIpc) is 2.32. The summed E-state index contributed by atoms with van der Waals surface area (Å²) in [4.78, 5) is 0. The third-order valence-corrected chi connectivity index (χ3v) is 3.22. The molecule has 3 nitrogen and oxygen atoms in total. The van der Waals surface area contributed by atoms with Crippen LogP contribution in [0.3, 0.4) is 0 Å². The normalized spacial score (nSPS) is 12.2. The van der Waals surface area contributed by atoms with Crippen LogP contribution in [0.2, 0.25) is 0 Å². The van der Waals surface area contributed by atoms with Crippen LogP contribution in [-0.2, 0) is 0 Å². The lowest BCUT2D eigenvalue weighted by Crippen LogP contribution is -2.25. The molecule has 0 N–H and O–H groups in total. The highest BCUT2D eigenvalue weighted by molar-refractivity contribution is 7.49. The minimum absolute atomic E-state index is 0.238. The summed E-state index contributed by atoms with van der Waals surface area (Å²) in [6.07, 6.45) is 0. The largest absolute Gasteiger partial charge is 0.673 e. The van der Waals surface area contributed by atoms with Gasteiger partial charge in [-0.2, -0.15) is 0 Å². The standard InChI is InChI=1S/C6H18N3P.6BF4/c1-7(2)10(8(3)4)9(5)6;6*2-1(3,4)5/h1-6H3;;;;;;/q;6*-1. The van der Waals surface area contributed by atoms with Gasteiger partial charge in [-0.05, 0) is 42.3 Å². The Morgan fingerprint density at radius 1 is 0.250 bits per heavy atom. The van der Waals surface area contributed by atoms with E-state index in [2.05, 4.69) is 56.3 Å². The van der Waals surface area contributed by atoms with Crippen molar-refractivity contribution in [3.63, 3.8) is 0 Å². The molecular weight excluding hydrogens is 666 g/mol. The van der Waals surface area contributed by atoms with Crippen LogP contribution < -0.4 is 0 Å². The summed E-state index contributed by atoms with van der Waals surface area (Å²) in [5, 5.41) is 0. The van der Waals surface area contributed by atoms with Gasteiger partial charge in [-0.3, -0.25) is 14.0 Å². The Kier molecular flexibility index (Phi) is 32.4. The highest BCUT2D eigenvalue weighted by Gasteiger charge is 2.22. The third-order valence-electron chi connectivity index (χ3n) is 1.07. The molecule has 0 atom stereocenters. The fourth-order valence-electron chi connectivity index (χ4n) is 1.07. The van der Waals surface area contributed by atoms with Gasteiger partial charge >= 0.3 is 43.5 Å². The first kappa shape index (κ1) is 55.0. The van der Waals surface area contributed by atoms with Gasteiger partial charge in [-0.1, -0.05) is 0 Å². The molecule has 40 heavy (non-hydrogen) atoms. The van der Waals surface area contributed by atoms with Crippen molar-refractivity contribution in [1.29, 1.82) is 0 Å². The van der Waals surface area contributed by atoms with Crippen molar-refractivity contribution in [3.8, 4) is 0 Å². The summed E-state index contributed by atoms with van der Waals surface area (Å²) in [7, 11) is -23.6. The summed E-state index contributed by atoms with van der Waals surface area (Å²) in [5.74, 6) is 0. The molecule has 0 amide bonds. The minimum Gasteiger partial charge on any atom is -0.418 e. The van der Waals surface area contributed by atoms with Crippen molar-refractivity contribution in [3.05, 3.63) is 0 Å². The van der Waals surface area contributed by atoms with E-state index in [4.69, 9.17) is 0 Å². The van der Waals surface area contributed by atoms with Gasteiger partial charge in [0.15, 0.2) is 0 Å². The quantitative estimate of drug-likeness (QED) is 0.168. The van der Waals surface area contributed by atoms with Crippen molar-refractivity contribution in [2.24, 2.45) is 0 Å². The van der Waals surface area contributed by atoms with Crippen molar-refractivity contribution in [2.45, 2.75) is 0 Å². The van der Waals surface area contributed by atoms with Crippen LogP contribution in [-0.4, -0.2) is 99.8 Å². The monoisotopic (exact) mass is 685 g/mol. The Morgan fingerprint density at radius 2 is 0.300 bits per heavy atom. The first-order valence-electron chi connectivity index (χ1n) is 8.52. The molecule has 34 heteroatoms. The van der Waals surface area contributed by atoms with Gasteiger partial charge in [-0.25, -0.2) is 0 Å². The van der Waals surface area contributed by atoms with E-state index >= 15 is 0 Å². The van der Waals surface area contributed by atoms with Gasteiger partial charge in [0.25, 0.3) is 0 Å². The van der Waals surface area contributed by atoms with Crippen molar-refractivity contribution >= 4 is 51.9 Å². The number of halogens is 24. The van der Waals surface area contributed by atoms with Crippen LogP contribution in [0.25, 0.3) is 0 Å². The molecule has 0 aliphatic carbocycles. The topological polar surface area (TPSA) is 9.72 Å². The Hall–Kier alpha value is -0.980. The molecule has 0 fully saturated rings. The van der Waals surface area contributed by atoms with E-state index in [0.717, 1.165) is 0 Å². The predicted octanol–water partition coefficient (Wildman–Crippen LogP) is 8.70. The van der Waals surface area contributed by atoms with E-state index in [1.165, 1.54) is 0 Å². The Balaban J connectivity index is -0.0000000651. The third kappa shape index (κ3) is 396. The zero-order valence-corrected chi connectivity index (χ0v) is 21.2. The molecule has 0 saturated carbocycles. The first-order valence-corrected chi connectivity index (χ1v) is 9.72. The molecule has 254 valence electrons. The molecule has 0 aliphatic rings.